The summed E-state index contributed by atoms with van der Waals surface area (Å²) in [4.78, 5) is 16.5. The number of nitrogens with zero attached hydrogens (tertiary/aromatic N) is 4. The monoisotopic (exact) mass is 267 g/mol. The number of hydrogen-bond acceptors (Lipinski definition) is 4. The van der Waals surface area contributed by atoms with E-state index in [-0.39, 0.29) is 11.9 Å². The Morgan fingerprint density at radius 2 is 2.11 bits per heavy atom. The standard InChI is InChI=1S/C13H25N5O/c1-6-17(10(3)9-16(4)5)13(19)12-11(14)8-15-18(12)7-2/h8,10H,6-7,9,14H2,1-5H3. The van der Waals surface area contributed by atoms with Gasteiger partial charge in [-0.25, -0.2) is 0 Å². The molecular weight excluding hydrogens is 242 g/mol. The Labute approximate surface area is 115 Å². The van der Waals surface area contributed by atoms with Gasteiger partial charge in [0.15, 0.2) is 0 Å². The van der Waals surface area contributed by atoms with Crippen molar-refractivity contribution >= 4 is 11.6 Å². The molecule has 1 aromatic rings. The molecule has 0 saturated carbocycles. The van der Waals surface area contributed by atoms with E-state index in [0.717, 1.165) is 6.54 Å². The Hall–Kier alpha value is -1.56. The first-order chi connectivity index (χ1) is 8.92. The Kier molecular flexibility index (Phi) is 5.35. The number of carbonyl (C=O) groups excluding carboxylic acids is 1. The van der Waals surface area contributed by atoms with Crippen molar-refractivity contribution in [3.05, 3.63) is 11.9 Å². The summed E-state index contributed by atoms with van der Waals surface area (Å²) in [6.45, 7) is 8.08. The van der Waals surface area contributed by atoms with Gasteiger partial charge in [-0.1, -0.05) is 0 Å². The van der Waals surface area contributed by atoms with Crippen molar-refractivity contribution in [3.63, 3.8) is 0 Å². The summed E-state index contributed by atoms with van der Waals surface area (Å²) in [5.41, 5.74) is 6.81. The van der Waals surface area contributed by atoms with Crippen LogP contribution in [0.5, 0.6) is 0 Å². The predicted molar refractivity (Wildman–Crippen MR) is 77.0 cm³/mol. The number of aryl methyl sites for hydroxylation is 1. The second-order valence-electron chi connectivity index (χ2n) is 4.97. The van der Waals surface area contributed by atoms with Gasteiger partial charge in [0.2, 0.25) is 0 Å². The van der Waals surface area contributed by atoms with Crippen LogP contribution in [-0.2, 0) is 6.54 Å². The molecule has 2 N–H and O–H groups in total. The summed E-state index contributed by atoms with van der Waals surface area (Å²) in [5, 5.41) is 4.13. The number of nitrogens with two attached hydrogens (primary N) is 1. The molecule has 108 valence electrons. The third-order valence-corrected chi connectivity index (χ3v) is 3.13. The van der Waals surface area contributed by atoms with E-state index in [2.05, 4.69) is 10.00 Å². The van der Waals surface area contributed by atoms with E-state index in [0.29, 0.717) is 24.5 Å². The summed E-state index contributed by atoms with van der Waals surface area (Å²) >= 11 is 0. The predicted octanol–water partition coefficient (Wildman–Crippen LogP) is 0.897. The minimum Gasteiger partial charge on any atom is -0.396 e. The molecule has 1 atom stereocenters. The molecular formula is C13H25N5O. The molecule has 1 unspecified atom stereocenters. The fourth-order valence-electron chi connectivity index (χ4n) is 2.29. The smallest absolute Gasteiger partial charge is 0.274 e. The Bertz CT molecular complexity index is 427. The van der Waals surface area contributed by atoms with Gasteiger partial charge < -0.3 is 15.5 Å². The number of anilines is 1. The molecule has 0 fully saturated rings. The zero-order chi connectivity index (χ0) is 14.6. The minimum absolute atomic E-state index is 0.0475. The van der Waals surface area contributed by atoms with Crippen LogP contribution in [0.3, 0.4) is 0 Å². The van der Waals surface area contributed by atoms with Gasteiger partial charge in [-0.15, -0.1) is 0 Å². The minimum atomic E-state index is -0.0475. The number of carbonyl (C=O) groups is 1. The number of hydrogen-bond donors (Lipinski definition) is 1. The molecule has 1 heterocycles. The largest absolute Gasteiger partial charge is 0.396 e. The highest BCUT2D eigenvalue weighted by Gasteiger charge is 2.25. The second-order valence-corrected chi connectivity index (χ2v) is 4.97. The fourth-order valence-corrected chi connectivity index (χ4v) is 2.29. The van der Waals surface area contributed by atoms with E-state index in [4.69, 9.17) is 5.73 Å². The van der Waals surface area contributed by atoms with Crippen LogP contribution in [-0.4, -0.2) is 58.7 Å². The van der Waals surface area contributed by atoms with Crippen LogP contribution in [0.15, 0.2) is 6.20 Å². The number of nitrogen functional groups attached to an aromatic ring is 1. The Morgan fingerprint density at radius 1 is 1.47 bits per heavy atom. The lowest BCUT2D eigenvalue weighted by Crippen LogP contribution is -2.44. The topological polar surface area (TPSA) is 67.4 Å². The fraction of sp³-hybridized carbons (Fsp3) is 0.692. The molecule has 0 bridgehead atoms. The van der Waals surface area contributed by atoms with Crippen molar-refractivity contribution in [3.8, 4) is 0 Å². The van der Waals surface area contributed by atoms with Gasteiger partial charge in [-0.05, 0) is 34.9 Å². The van der Waals surface area contributed by atoms with Gasteiger partial charge in [0.05, 0.1) is 11.9 Å². The first-order valence-electron chi connectivity index (χ1n) is 6.69. The molecule has 0 aliphatic carbocycles. The summed E-state index contributed by atoms with van der Waals surface area (Å²) in [6.07, 6.45) is 1.54. The van der Waals surface area contributed by atoms with Crippen molar-refractivity contribution in [1.82, 2.24) is 19.6 Å². The number of amides is 1. The molecule has 6 nitrogen and oxygen atoms in total. The van der Waals surface area contributed by atoms with Gasteiger partial charge in [-0.2, -0.15) is 5.10 Å². The molecule has 0 spiro atoms. The second kappa shape index (κ2) is 6.56. The number of aromatic nitrogens is 2. The zero-order valence-corrected chi connectivity index (χ0v) is 12.6. The lowest BCUT2D eigenvalue weighted by Gasteiger charge is -2.30. The van der Waals surface area contributed by atoms with E-state index in [1.165, 1.54) is 0 Å². The van der Waals surface area contributed by atoms with Crippen LogP contribution in [0, 0.1) is 0 Å². The van der Waals surface area contributed by atoms with Crippen molar-refractivity contribution in [2.75, 3.05) is 32.9 Å². The highest BCUT2D eigenvalue weighted by Crippen LogP contribution is 2.15. The van der Waals surface area contributed by atoms with Crippen LogP contribution in [0.4, 0.5) is 5.69 Å². The molecule has 1 amide bonds. The van der Waals surface area contributed by atoms with Crippen LogP contribution in [0.25, 0.3) is 0 Å². The number of rotatable bonds is 6. The number of likely N-dealkylation sites (N-methyl/N-ethyl adjacent to an activating group) is 2. The molecule has 1 aromatic heterocycles. The average Bonchev–Trinajstić information content (AvgIpc) is 2.70. The molecule has 0 aliphatic rings. The molecule has 0 aromatic carbocycles. The van der Waals surface area contributed by atoms with E-state index in [9.17, 15) is 4.79 Å². The maximum atomic E-state index is 12.6. The van der Waals surface area contributed by atoms with E-state index < -0.39 is 0 Å². The van der Waals surface area contributed by atoms with E-state index >= 15 is 0 Å². The van der Waals surface area contributed by atoms with Crippen LogP contribution < -0.4 is 5.73 Å². The molecule has 6 heteroatoms. The van der Waals surface area contributed by atoms with E-state index in [1.54, 1.807) is 10.9 Å². The van der Waals surface area contributed by atoms with Crippen molar-refractivity contribution < 1.29 is 4.79 Å². The Balaban J connectivity index is 2.98. The quantitative estimate of drug-likeness (QED) is 0.831. The van der Waals surface area contributed by atoms with E-state index in [1.807, 2.05) is 39.8 Å². The Morgan fingerprint density at radius 3 is 2.58 bits per heavy atom. The average molecular weight is 267 g/mol. The molecule has 0 radical (unpaired) electrons. The summed E-state index contributed by atoms with van der Waals surface area (Å²) < 4.78 is 1.66. The van der Waals surface area contributed by atoms with Crippen molar-refractivity contribution in [1.29, 1.82) is 0 Å². The zero-order valence-electron chi connectivity index (χ0n) is 12.6. The summed E-state index contributed by atoms with van der Waals surface area (Å²) in [5.74, 6) is -0.0475. The molecule has 0 aliphatic heterocycles. The highest BCUT2D eigenvalue weighted by atomic mass is 16.2. The lowest BCUT2D eigenvalue weighted by atomic mass is 10.2. The van der Waals surface area contributed by atoms with Gasteiger partial charge in [-0.3, -0.25) is 9.48 Å². The first kappa shape index (κ1) is 15.5. The lowest BCUT2D eigenvalue weighted by molar-refractivity contribution is 0.0667. The van der Waals surface area contributed by atoms with Gasteiger partial charge in [0, 0.05) is 25.7 Å². The summed E-state index contributed by atoms with van der Waals surface area (Å²) in [7, 11) is 4.00. The first-order valence-corrected chi connectivity index (χ1v) is 6.69. The van der Waals surface area contributed by atoms with Gasteiger partial charge in [0.25, 0.3) is 5.91 Å². The van der Waals surface area contributed by atoms with Crippen LogP contribution in [0.2, 0.25) is 0 Å². The molecule has 0 saturated heterocycles. The SMILES string of the molecule is CCN(C(=O)c1c(N)cnn1CC)C(C)CN(C)C. The molecule has 19 heavy (non-hydrogen) atoms. The summed E-state index contributed by atoms with van der Waals surface area (Å²) in [6, 6.07) is 0.132. The third-order valence-electron chi connectivity index (χ3n) is 3.13. The third kappa shape index (κ3) is 3.47. The van der Waals surface area contributed by atoms with Gasteiger partial charge in [0.1, 0.15) is 5.69 Å². The van der Waals surface area contributed by atoms with Crippen molar-refractivity contribution in [2.45, 2.75) is 33.4 Å². The highest BCUT2D eigenvalue weighted by molar-refractivity contribution is 5.97. The maximum absolute atomic E-state index is 12.6. The van der Waals surface area contributed by atoms with Crippen LogP contribution >= 0.6 is 0 Å². The van der Waals surface area contributed by atoms with Crippen molar-refractivity contribution in [2.24, 2.45) is 0 Å². The van der Waals surface area contributed by atoms with Gasteiger partial charge >= 0.3 is 0 Å². The maximum Gasteiger partial charge on any atom is 0.274 e. The molecule has 1 rings (SSSR count). The normalized spacial score (nSPS) is 12.7. The van der Waals surface area contributed by atoms with Crippen LogP contribution in [0.1, 0.15) is 31.3 Å².